The van der Waals surface area contributed by atoms with E-state index in [9.17, 15) is 13.2 Å². The van der Waals surface area contributed by atoms with Crippen LogP contribution < -0.4 is 0 Å². The Bertz CT molecular complexity index is 974. The lowest BCUT2D eigenvalue weighted by atomic mass is 9.79. The van der Waals surface area contributed by atoms with E-state index in [4.69, 9.17) is 10.00 Å². The lowest BCUT2D eigenvalue weighted by Crippen LogP contribution is -2.31. The number of carbonyl (C=O) groups excluding carboxylic acids is 1. The first kappa shape index (κ1) is 16.3. The third-order valence-corrected chi connectivity index (χ3v) is 5.11. The molecule has 0 bridgehead atoms. The Balaban J connectivity index is 1.98. The number of H-pyrrole nitrogens is 1. The van der Waals surface area contributed by atoms with E-state index in [1.807, 2.05) is 12.1 Å². The van der Waals surface area contributed by atoms with Crippen LogP contribution >= 0.6 is 0 Å². The minimum absolute atomic E-state index is 0.133. The number of hydrogen-bond donors (Lipinski definition) is 1. The Morgan fingerprint density at radius 3 is 2.96 bits per heavy atom. The van der Waals surface area contributed by atoms with E-state index >= 15 is 0 Å². The third kappa shape index (κ3) is 2.93. The average molecular weight is 344 g/mol. The van der Waals surface area contributed by atoms with Crippen LogP contribution in [0.1, 0.15) is 23.2 Å². The first-order chi connectivity index (χ1) is 11.5. The highest BCUT2D eigenvalue weighted by Gasteiger charge is 2.32. The molecule has 0 saturated heterocycles. The van der Waals surface area contributed by atoms with Crippen LogP contribution in [0.15, 0.2) is 18.2 Å². The number of aryl methyl sites for hydroxylation is 1. The van der Waals surface area contributed by atoms with Crippen molar-refractivity contribution in [2.24, 2.45) is 11.8 Å². The van der Waals surface area contributed by atoms with Crippen molar-refractivity contribution in [1.82, 2.24) is 4.98 Å². The van der Waals surface area contributed by atoms with Gasteiger partial charge in [0.2, 0.25) is 10.3 Å². The van der Waals surface area contributed by atoms with Gasteiger partial charge < -0.3 is 9.72 Å². The molecule has 1 aromatic heterocycles. The Labute approximate surface area is 140 Å². The summed E-state index contributed by atoms with van der Waals surface area (Å²) in [7, 11) is -1.16. The van der Waals surface area contributed by atoms with E-state index in [1.54, 1.807) is 6.07 Å². The Hall–Kier alpha value is -2.59. The van der Waals surface area contributed by atoms with Gasteiger partial charge in [0.1, 0.15) is 0 Å². The summed E-state index contributed by atoms with van der Waals surface area (Å²) in [6.45, 7) is 0. The van der Waals surface area contributed by atoms with Gasteiger partial charge >= 0.3 is 5.97 Å². The van der Waals surface area contributed by atoms with Gasteiger partial charge in [-0.1, -0.05) is 0 Å². The summed E-state index contributed by atoms with van der Waals surface area (Å²) < 4.78 is 26.8. The zero-order valence-electron chi connectivity index (χ0n) is 13.1. The van der Waals surface area contributed by atoms with Crippen LogP contribution in [0.3, 0.4) is 0 Å². The number of esters is 1. The fraction of sp³-hybridized carbons (Fsp3) is 0.353. The van der Waals surface area contributed by atoms with Crippen LogP contribution in [-0.2, 0) is 32.7 Å². The van der Waals surface area contributed by atoms with Crippen LogP contribution in [0.4, 0.5) is 0 Å². The van der Waals surface area contributed by atoms with E-state index in [-0.39, 0.29) is 5.92 Å². The van der Waals surface area contributed by atoms with Gasteiger partial charge in [-0.2, -0.15) is 13.7 Å². The number of nitrogens with zero attached hydrogens (tertiary/aromatic N) is 1. The number of fused-ring (bicyclic) bond motifs is 3. The molecule has 1 aromatic carbocycles. The van der Waals surface area contributed by atoms with Crippen LogP contribution in [0.5, 0.6) is 0 Å². The summed E-state index contributed by atoms with van der Waals surface area (Å²) in [5, 5.41) is 11.1. The summed E-state index contributed by atoms with van der Waals surface area (Å²) in [4.78, 5) is 15.3. The van der Waals surface area contributed by atoms with Gasteiger partial charge in [0.05, 0.1) is 30.0 Å². The zero-order chi connectivity index (χ0) is 17.3. The summed E-state index contributed by atoms with van der Waals surface area (Å²) in [5.41, 5.74) is 3.69. The second-order valence-corrected chi connectivity index (χ2v) is 6.70. The lowest BCUT2D eigenvalue weighted by molar-refractivity contribution is -0.144. The number of hydrogen-bond acceptors (Lipinski definition) is 5. The van der Waals surface area contributed by atoms with Crippen molar-refractivity contribution in [3.63, 3.8) is 0 Å². The maximum atomic E-state index is 11.9. The average Bonchev–Trinajstić information content (AvgIpc) is 2.95. The van der Waals surface area contributed by atoms with Crippen molar-refractivity contribution in [2.45, 2.75) is 19.3 Å². The first-order valence-corrected chi connectivity index (χ1v) is 8.71. The molecule has 0 fully saturated rings. The van der Waals surface area contributed by atoms with Crippen molar-refractivity contribution >= 4 is 32.5 Å². The predicted molar refractivity (Wildman–Crippen MR) is 89.0 cm³/mol. The molecule has 124 valence electrons. The zero-order valence-corrected chi connectivity index (χ0v) is 13.9. The topological polar surface area (TPSA) is 100 Å². The molecule has 0 saturated carbocycles. The van der Waals surface area contributed by atoms with E-state index in [0.717, 1.165) is 33.9 Å². The molecule has 1 aliphatic carbocycles. The van der Waals surface area contributed by atoms with Crippen LogP contribution in [-0.4, -0.2) is 31.8 Å². The van der Waals surface area contributed by atoms with Gasteiger partial charge in [0.25, 0.3) is 0 Å². The largest absolute Gasteiger partial charge is 0.469 e. The lowest BCUT2D eigenvalue weighted by Gasteiger charge is -2.26. The second kappa shape index (κ2) is 6.49. The van der Waals surface area contributed by atoms with Crippen molar-refractivity contribution < 1.29 is 17.9 Å². The molecular formula is C17H16N2O4S. The van der Waals surface area contributed by atoms with Gasteiger partial charge in [-0.05, 0) is 48.9 Å². The molecule has 6 nitrogen and oxygen atoms in total. The number of methoxy groups -OCH3 is 1. The molecule has 0 amide bonds. The first-order valence-electron chi connectivity index (χ1n) is 7.58. The number of aromatic amines is 1. The van der Waals surface area contributed by atoms with Gasteiger partial charge in [-0.25, -0.2) is 0 Å². The van der Waals surface area contributed by atoms with Gasteiger partial charge in [-0.15, -0.1) is 0 Å². The molecule has 0 aliphatic heterocycles. The fourth-order valence-corrected chi connectivity index (χ4v) is 4.02. The van der Waals surface area contributed by atoms with Crippen molar-refractivity contribution in [3.8, 4) is 6.07 Å². The number of aromatic nitrogens is 1. The number of benzene rings is 1. The van der Waals surface area contributed by atoms with Crippen LogP contribution in [0.2, 0.25) is 0 Å². The molecule has 0 spiro atoms. The maximum Gasteiger partial charge on any atom is 0.313 e. The number of rotatable bonds is 3. The minimum atomic E-state index is -2.42. The monoisotopic (exact) mass is 344 g/mol. The summed E-state index contributed by atoms with van der Waals surface area (Å²) in [6, 6.07) is 7.63. The van der Waals surface area contributed by atoms with Crippen molar-refractivity contribution in [1.29, 1.82) is 5.26 Å². The molecule has 24 heavy (non-hydrogen) atoms. The summed E-state index contributed by atoms with van der Waals surface area (Å²) >= 11 is 0. The number of nitrogens with one attached hydrogen (secondary N) is 1. The van der Waals surface area contributed by atoms with Gasteiger partial charge in [0, 0.05) is 16.6 Å². The van der Waals surface area contributed by atoms with Crippen LogP contribution in [0, 0.1) is 23.2 Å². The molecule has 2 aromatic rings. The molecule has 3 rings (SSSR count). The molecule has 7 heteroatoms. The molecule has 2 atom stereocenters. The molecule has 0 radical (unpaired) electrons. The quantitative estimate of drug-likeness (QED) is 0.673. The molecular weight excluding hydrogens is 328 g/mol. The predicted octanol–water partition coefficient (Wildman–Crippen LogP) is 1.61. The Morgan fingerprint density at radius 1 is 1.50 bits per heavy atom. The highest BCUT2D eigenvalue weighted by Crippen LogP contribution is 2.35. The summed E-state index contributed by atoms with van der Waals surface area (Å²) in [5.74, 6) is -1.44. The van der Waals surface area contributed by atoms with E-state index in [2.05, 4.69) is 11.1 Å². The molecule has 1 aliphatic rings. The highest BCUT2D eigenvalue weighted by molar-refractivity contribution is 7.71. The SMILES string of the molecule is COC(=O)C(C=S(=O)=O)C1CCc2c([nH]c3ccc(C#N)cc23)C1. The Morgan fingerprint density at radius 2 is 2.29 bits per heavy atom. The number of carbonyl (C=O) groups is 1. The highest BCUT2D eigenvalue weighted by atomic mass is 32.2. The normalized spacial score (nSPS) is 17.6. The maximum absolute atomic E-state index is 11.9. The molecule has 1 heterocycles. The van der Waals surface area contributed by atoms with E-state index in [0.29, 0.717) is 18.4 Å². The number of nitriles is 1. The standard InChI is InChI=1S/C17H16N2O4S/c1-23-17(20)14(9-24(21)22)11-3-4-12-13-6-10(8-18)2-5-15(13)19-16(12)7-11/h2,5-6,9,11,14,19H,3-4,7H2,1H3. The van der Waals surface area contributed by atoms with Crippen molar-refractivity contribution in [2.75, 3.05) is 7.11 Å². The van der Waals surface area contributed by atoms with Crippen LogP contribution in [0.25, 0.3) is 10.9 Å². The fourth-order valence-electron chi connectivity index (χ4n) is 3.45. The molecule has 2 unspecified atom stereocenters. The van der Waals surface area contributed by atoms with E-state index in [1.165, 1.54) is 7.11 Å². The van der Waals surface area contributed by atoms with Crippen molar-refractivity contribution in [3.05, 3.63) is 35.0 Å². The van der Waals surface area contributed by atoms with Gasteiger partial charge in [-0.3, -0.25) is 4.79 Å². The number of ether oxygens (including phenoxy) is 1. The molecule has 1 N–H and O–H groups in total. The van der Waals surface area contributed by atoms with Gasteiger partial charge in [0.15, 0.2) is 0 Å². The Kier molecular flexibility index (Phi) is 4.40. The summed E-state index contributed by atoms with van der Waals surface area (Å²) in [6.07, 6.45) is 1.98. The smallest absolute Gasteiger partial charge is 0.313 e. The second-order valence-electron chi connectivity index (χ2n) is 5.90. The minimum Gasteiger partial charge on any atom is -0.469 e. The third-order valence-electron chi connectivity index (χ3n) is 4.59. The van der Waals surface area contributed by atoms with E-state index < -0.39 is 22.2 Å².